The Hall–Kier alpha value is -3.01. The molecule has 2 aromatic heterocycles. The van der Waals surface area contributed by atoms with Crippen LogP contribution in [0.5, 0.6) is 23.0 Å². The number of halogens is 2. The van der Waals surface area contributed by atoms with Crippen molar-refractivity contribution < 1.29 is 27.7 Å². The summed E-state index contributed by atoms with van der Waals surface area (Å²) in [5.41, 5.74) is 2.70. The summed E-state index contributed by atoms with van der Waals surface area (Å²) in [6.07, 6.45) is 3.36. The van der Waals surface area contributed by atoms with Crippen molar-refractivity contribution in [1.82, 2.24) is 15.0 Å². The molecule has 0 atom stereocenters. The lowest BCUT2D eigenvalue weighted by Gasteiger charge is -2.13. The summed E-state index contributed by atoms with van der Waals surface area (Å²) in [6.45, 7) is 2.96. The van der Waals surface area contributed by atoms with Gasteiger partial charge in [-0.25, -0.2) is 4.98 Å². The Kier molecular flexibility index (Phi) is 6.99. The number of thioether (sulfide) groups is 1. The van der Waals surface area contributed by atoms with Crippen molar-refractivity contribution in [3.63, 3.8) is 0 Å². The fourth-order valence-electron chi connectivity index (χ4n) is 2.81. The van der Waals surface area contributed by atoms with Crippen LogP contribution >= 0.6 is 11.8 Å². The predicted molar refractivity (Wildman–Crippen MR) is 110 cm³/mol. The van der Waals surface area contributed by atoms with E-state index in [9.17, 15) is 8.78 Å². The molecule has 0 aliphatic rings. The first-order valence-electron chi connectivity index (χ1n) is 8.89. The van der Waals surface area contributed by atoms with E-state index in [1.807, 2.05) is 6.92 Å². The van der Waals surface area contributed by atoms with Gasteiger partial charge in [-0.1, -0.05) is 24.4 Å². The molecule has 3 aromatic rings. The maximum Gasteiger partial charge on any atom is 0.387 e. The van der Waals surface area contributed by atoms with E-state index >= 15 is 0 Å². The van der Waals surface area contributed by atoms with E-state index in [4.69, 9.17) is 14.2 Å². The fraction of sp³-hybridized carbons (Fsp3) is 0.300. The molecule has 0 spiro atoms. The summed E-state index contributed by atoms with van der Waals surface area (Å²) in [7, 11) is 2.72. The van der Waals surface area contributed by atoms with Gasteiger partial charge in [-0.05, 0) is 13.0 Å². The molecule has 2 heterocycles. The second kappa shape index (κ2) is 9.66. The molecule has 0 amide bonds. The van der Waals surface area contributed by atoms with E-state index in [2.05, 4.69) is 26.3 Å². The molecule has 3 rings (SSSR count). The number of aromatic nitrogens is 3. The number of nitrogens with zero attached hydrogens (tertiary/aromatic N) is 2. The van der Waals surface area contributed by atoms with Crippen LogP contribution in [-0.2, 0) is 5.75 Å². The molecule has 30 heavy (non-hydrogen) atoms. The average molecular weight is 437 g/mol. The van der Waals surface area contributed by atoms with Crippen LogP contribution < -0.4 is 18.9 Å². The summed E-state index contributed by atoms with van der Waals surface area (Å²) in [5, 5.41) is 0.568. The number of ether oxygens (including phenoxy) is 4. The lowest BCUT2D eigenvalue weighted by Crippen LogP contribution is -2.05. The highest BCUT2D eigenvalue weighted by Crippen LogP contribution is 2.44. The monoisotopic (exact) mass is 437 g/mol. The van der Waals surface area contributed by atoms with Crippen LogP contribution in [0, 0.1) is 6.92 Å². The molecular formula is C20H21F2N3O4S. The molecule has 160 valence electrons. The summed E-state index contributed by atoms with van der Waals surface area (Å²) >= 11 is 1.41. The normalized spacial score (nSPS) is 11.0. The van der Waals surface area contributed by atoms with E-state index in [1.54, 1.807) is 24.4 Å². The average Bonchev–Trinajstić information content (AvgIpc) is 3.13. The third-order valence-electron chi connectivity index (χ3n) is 4.22. The molecule has 10 heteroatoms. The number of hydrogen-bond acceptors (Lipinski definition) is 7. The van der Waals surface area contributed by atoms with Gasteiger partial charge >= 0.3 is 6.61 Å². The Morgan fingerprint density at radius 2 is 2.03 bits per heavy atom. The predicted octanol–water partition coefficient (Wildman–Crippen LogP) is 4.74. The van der Waals surface area contributed by atoms with Crippen LogP contribution in [0.25, 0.3) is 11.0 Å². The maximum atomic E-state index is 12.8. The SMILES string of the molecule is C=CCOc1ccnc(CSc2nc3c(OC)c(OC(F)F)c(OC)cc3[nH]2)c1C. The van der Waals surface area contributed by atoms with Crippen LogP contribution in [-0.4, -0.2) is 42.4 Å². The van der Waals surface area contributed by atoms with Crippen molar-refractivity contribution in [2.24, 2.45) is 0 Å². The van der Waals surface area contributed by atoms with Crippen molar-refractivity contribution in [1.29, 1.82) is 0 Å². The number of alkyl halides is 2. The molecular weight excluding hydrogens is 416 g/mol. The Labute approximate surface area is 176 Å². The Morgan fingerprint density at radius 1 is 1.23 bits per heavy atom. The highest BCUT2D eigenvalue weighted by Gasteiger charge is 2.22. The van der Waals surface area contributed by atoms with Gasteiger partial charge in [0.05, 0.1) is 25.4 Å². The standard InChI is InChI=1S/C20H21F2N3O4S/c1-5-8-28-14-6-7-23-13(11(14)2)10-30-20-24-12-9-15(26-3)17(29-19(21)22)18(27-4)16(12)25-20/h5-7,9,19H,1,8,10H2,2-4H3,(H,24,25). The maximum absolute atomic E-state index is 12.8. The van der Waals surface area contributed by atoms with Crippen LogP contribution in [0.3, 0.4) is 0 Å². The van der Waals surface area contributed by atoms with Crippen molar-refractivity contribution in [2.75, 3.05) is 20.8 Å². The van der Waals surface area contributed by atoms with E-state index < -0.39 is 6.61 Å². The zero-order chi connectivity index (χ0) is 21.7. The van der Waals surface area contributed by atoms with Gasteiger partial charge in [0, 0.05) is 23.6 Å². The number of methoxy groups -OCH3 is 2. The van der Waals surface area contributed by atoms with Gasteiger partial charge in [-0.2, -0.15) is 8.78 Å². The van der Waals surface area contributed by atoms with Crippen molar-refractivity contribution >= 4 is 22.8 Å². The molecule has 0 saturated heterocycles. The molecule has 0 bridgehead atoms. The van der Waals surface area contributed by atoms with Gasteiger partial charge in [0.15, 0.2) is 16.7 Å². The molecule has 7 nitrogen and oxygen atoms in total. The van der Waals surface area contributed by atoms with Gasteiger partial charge in [-0.3, -0.25) is 4.98 Å². The van der Waals surface area contributed by atoms with Crippen molar-refractivity contribution in [3.8, 4) is 23.0 Å². The minimum atomic E-state index is -3.03. The van der Waals surface area contributed by atoms with Crippen LogP contribution in [0.4, 0.5) is 8.78 Å². The first-order chi connectivity index (χ1) is 14.5. The second-order valence-corrected chi connectivity index (χ2v) is 6.99. The second-order valence-electron chi connectivity index (χ2n) is 6.03. The molecule has 0 fully saturated rings. The number of rotatable bonds is 10. The van der Waals surface area contributed by atoms with Gasteiger partial charge in [0.2, 0.25) is 5.75 Å². The number of hydrogen-bond donors (Lipinski definition) is 1. The van der Waals surface area contributed by atoms with Crippen LogP contribution in [0.2, 0.25) is 0 Å². The van der Waals surface area contributed by atoms with Gasteiger partial charge in [-0.15, -0.1) is 0 Å². The summed E-state index contributed by atoms with van der Waals surface area (Å²) in [4.78, 5) is 12.0. The Bertz CT molecular complexity index is 1040. The minimum absolute atomic E-state index is 0.0712. The number of fused-ring (bicyclic) bond motifs is 1. The first kappa shape index (κ1) is 21.7. The summed E-state index contributed by atoms with van der Waals surface area (Å²) < 4.78 is 46.3. The first-order valence-corrected chi connectivity index (χ1v) is 9.87. The number of pyridine rings is 1. The highest BCUT2D eigenvalue weighted by atomic mass is 32.2. The van der Waals surface area contributed by atoms with E-state index in [-0.39, 0.29) is 17.2 Å². The topological polar surface area (TPSA) is 78.5 Å². The molecule has 0 aliphatic heterocycles. The van der Waals surface area contributed by atoms with E-state index in [1.165, 1.54) is 26.0 Å². The lowest BCUT2D eigenvalue weighted by molar-refractivity contribution is -0.0524. The Morgan fingerprint density at radius 3 is 2.70 bits per heavy atom. The zero-order valence-corrected chi connectivity index (χ0v) is 17.5. The van der Waals surface area contributed by atoms with Crippen LogP contribution in [0.1, 0.15) is 11.3 Å². The molecule has 1 aromatic carbocycles. The summed E-state index contributed by atoms with van der Waals surface area (Å²) in [6, 6.07) is 3.34. The number of H-pyrrole nitrogens is 1. The number of imidazole rings is 1. The van der Waals surface area contributed by atoms with E-state index in [0.717, 1.165) is 17.0 Å². The van der Waals surface area contributed by atoms with E-state index in [0.29, 0.717) is 28.5 Å². The smallest absolute Gasteiger partial charge is 0.387 e. The lowest BCUT2D eigenvalue weighted by atomic mass is 10.2. The number of nitrogens with one attached hydrogen (secondary N) is 1. The molecule has 0 aliphatic carbocycles. The van der Waals surface area contributed by atoms with Crippen molar-refractivity contribution in [3.05, 3.63) is 42.2 Å². The molecule has 0 unspecified atom stereocenters. The number of benzene rings is 1. The fourth-order valence-corrected chi connectivity index (χ4v) is 3.72. The van der Waals surface area contributed by atoms with Crippen LogP contribution in [0.15, 0.2) is 36.1 Å². The Balaban J connectivity index is 1.88. The van der Waals surface area contributed by atoms with Gasteiger partial charge in [0.1, 0.15) is 17.9 Å². The quantitative estimate of drug-likeness (QED) is 0.362. The molecule has 1 N–H and O–H groups in total. The molecule has 0 radical (unpaired) electrons. The van der Waals surface area contributed by atoms with Gasteiger partial charge in [0.25, 0.3) is 0 Å². The summed E-state index contributed by atoms with van der Waals surface area (Å²) in [5.74, 6) is 1.25. The highest BCUT2D eigenvalue weighted by molar-refractivity contribution is 7.98. The largest absolute Gasteiger partial charge is 0.493 e. The third-order valence-corrected chi connectivity index (χ3v) is 5.11. The third kappa shape index (κ3) is 4.59. The molecule has 0 saturated carbocycles. The zero-order valence-electron chi connectivity index (χ0n) is 16.7. The minimum Gasteiger partial charge on any atom is -0.493 e. The van der Waals surface area contributed by atoms with Gasteiger partial charge < -0.3 is 23.9 Å². The van der Waals surface area contributed by atoms with Crippen molar-refractivity contribution in [2.45, 2.75) is 24.4 Å². The number of aromatic amines is 1.